The minimum Gasteiger partial charge on any atom is -0.372 e. The highest BCUT2D eigenvalue weighted by atomic mass is 32.1. The van der Waals surface area contributed by atoms with E-state index in [9.17, 15) is 4.79 Å². The molecule has 2 aromatic rings. The summed E-state index contributed by atoms with van der Waals surface area (Å²) in [5.41, 5.74) is 0.768. The average Bonchev–Trinajstić information content (AvgIpc) is 2.96. The summed E-state index contributed by atoms with van der Waals surface area (Å²) >= 11 is 1.44. The molecule has 0 aliphatic carbocycles. The number of thiazole rings is 1. The molecule has 1 aromatic carbocycles. The Balaban J connectivity index is 1.78. The predicted molar refractivity (Wildman–Crippen MR) is 83.5 cm³/mol. The van der Waals surface area contributed by atoms with Crippen LogP contribution in [0.2, 0.25) is 0 Å². The Morgan fingerprint density at radius 3 is 2.81 bits per heavy atom. The van der Waals surface area contributed by atoms with Gasteiger partial charge in [0, 0.05) is 18.7 Å². The highest BCUT2D eigenvalue weighted by molar-refractivity contribution is 7.16. The highest BCUT2D eigenvalue weighted by Crippen LogP contribution is 2.27. The van der Waals surface area contributed by atoms with Gasteiger partial charge in [0.15, 0.2) is 0 Å². The van der Waals surface area contributed by atoms with Crippen LogP contribution >= 0.6 is 11.3 Å². The zero-order valence-electron chi connectivity index (χ0n) is 12.2. The van der Waals surface area contributed by atoms with Crippen LogP contribution in [0.3, 0.4) is 0 Å². The molecule has 1 aromatic heterocycles. The van der Waals surface area contributed by atoms with Gasteiger partial charge in [-0.2, -0.15) is 0 Å². The summed E-state index contributed by atoms with van der Waals surface area (Å²) in [6, 6.07) is 9.93. The molecule has 0 N–H and O–H groups in total. The largest absolute Gasteiger partial charge is 0.372 e. The predicted octanol–water partition coefficient (Wildman–Crippen LogP) is 3.06. The second-order valence-electron chi connectivity index (χ2n) is 5.73. The molecular formula is C16H18N2O2S. The van der Waals surface area contributed by atoms with Crippen molar-refractivity contribution in [1.82, 2.24) is 9.88 Å². The van der Waals surface area contributed by atoms with Crippen molar-refractivity contribution in [3.63, 3.8) is 0 Å². The van der Waals surface area contributed by atoms with Crippen molar-refractivity contribution in [2.45, 2.75) is 19.4 Å². The van der Waals surface area contributed by atoms with Crippen LogP contribution in [0, 0.1) is 0 Å². The summed E-state index contributed by atoms with van der Waals surface area (Å²) in [5.74, 6) is 0.0473. The zero-order chi connectivity index (χ0) is 14.9. The number of amides is 1. The summed E-state index contributed by atoms with van der Waals surface area (Å²) < 4.78 is 5.65. The molecule has 0 saturated carbocycles. The maximum absolute atomic E-state index is 12.6. The molecule has 110 valence electrons. The average molecular weight is 302 g/mol. The van der Waals surface area contributed by atoms with Crippen molar-refractivity contribution in [3.05, 3.63) is 41.4 Å². The van der Waals surface area contributed by atoms with E-state index < -0.39 is 0 Å². The standard InChI is InChI=1S/C16H18N2O2S/c1-16(2)11-18(8-9-20-16)15(19)13-10-17-14(21-13)12-6-4-3-5-7-12/h3-7,10H,8-9,11H2,1-2H3. The van der Waals surface area contributed by atoms with Gasteiger partial charge in [0.05, 0.1) is 18.4 Å². The minimum absolute atomic E-state index is 0.0473. The van der Waals surface area contributed by atoms with Crippen LogP contribution in [-0.4, -0.2) is 41.1 Å². The smallest absolute Gasteiger partial charge is 0.265 e. The van der Waals surface area contributed by atoms with Crippen molar-refractivity contribution in [1.29, 1.82) is 0 Å². The lowest BCUT2D eigenvalue weighted by atomic mass is 10.1. The topological polar surface area (TPSA) is 42.4 Å². The van der Waals surface area contributed by atoms with Gasteiger partial charge in [-0.05, 0) is 13.8 Å². The van der Waals surface area contributed by atoms with Crippen molar-refractivity contribution in [3.8, 4) is 10.6 Å². The Morgan fingerprint density at radius 2 is 2.10 bits per heavy atom. The lowest BCUT2D eigenvalue weighted by molar-refractivity contribution is -0.0763. The van der Waals surface area contributed by atoms with E-state index in [0.29, 0.717) is 24.6 Å². The first-order valence-electron chi connectivity index (χ1n) is 7.00. The molecule has 4 nitrogen and oxygen atoms in total. The quantitative estimate of drug-likeness (QED) is 0.856. The van der Waals surface area contributed by atoms with Crippen molar-refractivity contribution < 1.29 is 9.53 Å². The summed E-state index contributed by atoms with van der Waals surface area (Å²) in [4.78, 5) is 19.5. The van der Waals surface area contributed by atoms with E-state index in [1.165, 1.54) is 11.3 Å². The molecule has 5 heteroatoms. The second-order valence-corrected chi connectivity index (χ2v) is 6.76. The summed E-state index contributed by atoms with van der Waals surface area (Å²) in [7, 11) is 0. The van der Waals surface area contributed by atoms with Gasteiger partial charge in [0.2, 0.25) is 0 Å². The number of hydrogen-bond donors (Lipinski definition) is 0. The molecule has 0 bridgehead atoms. The van der Waals surface area contributed by atoms with Gasteiger partial charge in [0.25, 0.3) is 5.91 Å². The van der Waals surface area contributed by atoms with Crippen LogP contribution in [0.4, 0.5) is 0 Å². The summed E-state index contributed by atoms with van der Waals surface area (Å²) in [6.45, 7) is 5.86. The Hall–Kier alpha value is -1.72. The molecular weight excluding hydrogens is 284 g/mol. The molecule has 0 atom stereocenters. The Morgan fingerprint density at radius 1 is 1.33 bits per heavy atom. The Kier molecular flexibility index (Phi) is 3.78. The molecule has 0 spiro atoms. The number of carbonyl (C=O) groups excluding carboxylic acids is 1. The number of ether oxygens (including phenoxy) is 1. The zero-order valence-corrected chi connectivity index (χ0v) is 13.0. The van der Waals surface area contributed by atoms with E-state index in [-0.39, 0.29) is 11.5 Å². The number of rotatable bonds is 2. The van der Waals surface area contributed by atoms with E-state index in [0.717, 1.165) is 10.6 Å². The van der Waals surface area contributed by atoms with Gasteiger partial charge in [0.1, 0.15) is 9.88 Å². The molecule has 1 amide bonds. The van der Waals surface area contributed by atoms with Gasteiger partial charge in [-0.15, -0.1) is 11.3 Å². The van der Waals surface area contributed by atoms with E-state index in [1.807, 2.05) is 49.1 Å². The van der Waals surface area contributed by atoms with Gasteiger partial charge in [-0.1, -0.05) is 30.3 Å². The second kappa shape index (κ2) is 5.58. The van der Waals surface area contributed by atoms with Crippen LogP contribution in [0.15, 0.2) is 36.5 Å². The highest BCUT2D eigenvalue weighted by Gasteiger charge is 2.31. The number of hydrogen-bond acceptors (Lipinski definition) is 4. The van der Waals surface area contributed by atoms with Gasteiger partial charge >= 0.3 is 0 Å². The molecule has 2 heterocycles. The third-order valence-electron chi connectivity index (χ3n) is 3.45. The SMILES string of the molecule is CC1(C)CN(C(=O)c2cnc(-c3ccccc3)s2)CCO1. The van der Waals surface area contributed by atoms with Gasteiger partial charge in [-0.25, -0.2) is 4.98 Å². The van der Waals surface area contributed by atoms with Crippen molar-refractivity contribution >= 4 is 17.2 Å². The third-order valence-corrected chi connectivity index (χ3v) is 4.48. The van der Waals surface area contributed by atoms with E-state index >= 15 is 0 Å². The number of nitrogens with zero attached hydrogens (tertiary/aromatic N) is 2. The lowest BCUT2D eigenvalue weighted by Crippen LogP contribution is -2.50. The minimum atomic E-state index is -0.277. The van der Waals surface area contributed by atoms with Gasteiger partial charge in [-0.3, -0.25) is 4.79 Å². The monoisotopic (exact) mass is 302 g/mol. The van der Waals surface area contributed by atoms with E-state index in [1.54, 1.807) is 6.20 Å². The maximum atomic E-state index is 12.6. The fourth-order valence-electron chi connectivity index (χ4n) is 2.43. The lowest BCUT2D eigenvalue weighted by Gasteiger charge is -2.37. The number of benzene rings is 1. The first-order valence-corrected chi connectivity index (χ1v) is 7.81. The molecule has 1 saturated heterocycles. The third kappa shape index (κ3) is 3.14. The molecule has 21 heavy (non-hydrogen) atoms. The maximum Gasteiger partial charge on any atom is 0.265 e. The molecule has 1 aliphatic heterocycles. The number of morpholine rings is 1. The summed E-state index contributed by atoms with van der Waals surface area (Å²) in [5, 5.41) is 0.881. The van der Waals surface area contributed by atoms with Crippen LogP contribution in [0.25, 0.3) is 10.6 Å². The van der Waals surface area contributed by atoms with E-state index in [4.69, 9.17) is 4.74 Å². The molecule has 3 rings (SSSR count). The van der Waals surface area contributed by atoms with Crippen LogP contribution in [-0.2, 0) is 4.74 Å². The fourth-order valence-corrected chi connectivity index (χ4v) is 3.32. The molecule has 0 radical (unpaired) electrons. The first kappa shape index (κ1) is 14.2. The number of aromatic nitrogens is 1. The molecule has 0 unspecified atom stereocenters. The normalized spacial score (nSPS) is 17.7. The van der Waals surface area contributed by atoms with E-state index in [2.05, 4.69) is 4.98 Å². The molecule has 1 aliphatic rings. The molecule has 1 fully saturated rings. The first-order chi connectivity index (χ1) is 10.1. The fraction of sp³-hybridized carbons (Fsp3) is 0.375. The Labute approximate surface area is 128 Å². The van der Waals surface area contributed by atoms with Crippen LogP contribution in [0.1, 0.15) is 23.5 Å². The van der Waals surface area contributed by atoms with Crippen molar-refractivity contribution in [2.75, 3.05) is 19.7 Å². The van der Waals surface area contributed by atoms with Crippen LogP contribution < -0.4 is 0 Å². The number of carbonyl (C=O) groups is 1. The van der Waals surface area contributed by atoms with Crippen molar-refractivity contribution in [2.24, 2.45) is 0 Å². The van der Waals surface area contributed by atoms with Crippen LogP contribution in [0.5, 0.6) is 0 Å². The Bertz CT molecular complexity index is 637. The van der Waals surface area contributed by atoms with Gasteiger partial charge < -0.3 is 9.64 Å². The summed E-state index contributed by atoms with van der Waals surface area (Å²) in [6.07, 6.45) is 1.68.